The molecule has 0 fully saturated rings. The molecule has 0 aliphatic heterocycles. The van der Waals surface area contributed by atoms with Crippen molar-refractivity contribution in [3.05, 3.63) is 125 Å². The fourth-order valence-corrected chi connectivity index (χ4v) is 4.79. The number of halogens is 7. The van der Waals surface area contributed by atoms with Gasteiger partial charge in [0.05, 0.1) is 0 Å². The predicted molar refractivity (Wildman–Crippen MR) is 284 cm³/mol. The zero-order valence-corrected chi connectivity index (χ0v) is 44.9. The number of nitrogens with two attached hydrogens (primary N) is 1. The minimum absolute atomic E-state index is 0. The summed E-state index contributed by atoms with van der Waals surface area (Å²) in [6.45, 7) is 28.1. The van der Waals surface area contributed by atoms with E-state index in [1.807, 2.05) is 45.9 Å². The summed E-state index contributed by atoms with van der Waals surface area (Å²) in [6, 6.07) is 0. The van der Waals surface area contributed by atoms with Gasteiger partial charge in [-0.3, -0.25) is 0 Å². The molecule has 0 bridgehead atoms. The average molecular weight is 1090 g/mol. The van der Waals surface area contributed by atoms with E-state index in [1.54, 1.807) is 44.2 Å². The summed E-state index contributed by atoms with van der Waals surface area (Å²) in [6.07, 6.45) is 17.1. The third-order valence-electron chi connectivity index (χ3n) is 3.28. The minimum Gasteiger partial charge on any atom is -1.00 e. The number of diazo groups is 1. The second-order valence-electron chi connectivity index (χ2n) is 7.38. The Morgan fingerprint density at radius 2 is 1.16 bits per heavy atom. The molecule has 0 aliphatic rings. The summed E-state index contributed by atoms with van der Waals surface area (Å²) in [4.78, 5) is 2.87. The van der Waals surface area contributed by atoms with Crippen molar-refractivity contribution in [2.24, 2.45) is 5.73 Å². The van der Waals surface area contributed by atoms with Crippen molar-refractivity contribution < 1.29 is 24.3 Å². The smallest absolute Gasteiger partial charge is 0 e. The molecule has 0 rings (SSSR count). The van der Waals surface area contributed by atoms with Crippen LogP contribution in [0.5, 0.6) is 0 Å². The summed E-state index contributed by atoms with van der Waals surface area (Å²) < 4.78 is 28.5. The van der Waals surface area contributed by atoms with Crippen LogP contribution in [-0.2, 0) is 3.74 Å². The SMILES string of the molecule is C=C/C(=C\C)[As](=O)(O)O.C=C/C(=C\C)[As](Cl)Cl.C=C/C(=C\C)[N+]#N.C=C/C(N)=C\C.C=C/C=C\C.CCCl.Cl[As](Cl)Cl.[B].[B]B([B])[B].[B][B].[B][B]B([B])[B].[B][B][B].[Cl-]. The third kappa shape index (κ3) is 164. The molecule has 0 atom stereocenters. The van der Waals surface area contributed by atoms with E-state index in [1.165, 1.54) is 25.3 Å². The fraction of sp³-hybridized carbons (Fsp3) is 0.259. The summed E-state index contributed by atoms with van der Waals surface area (Å²) in [5, 5.41) is 8.01. The van der Waals surface area contributed by atoms with Gasteiger partial charge in [-0.2, -0.15) is 0 Å². The molecule has 58 heavy (non-hydrogen) atoms. The minimum atomic E-state index is -4.60. The normalized spacial score (nSPS) is 9.09. The van der Waals surface area contributed by atoms with E-state index in [9.17, 15) is 3.74 Å². The largest absolute Gasteiger partial charge is 1.00 e. The first-order valence-corrected chi connectivity index (χ1v) is 32.0. The van der Waals surface area contributed by atoms with Gasteiger partial charge in [-0.1, -0.05) is 51.0 Å². The van der Waals surface area contributed by atoms with E-state index in [0.717, 1.165) is 23.0 Å². The van der Waals surface area contributed by atoms with Crippen LogP contribution >= 0.6 is 61.3 Å². The van der Waals surface area contributed by atoms with E-state index in [0.29, 0.717) is 5.70 Å². The summed E-state index contributed by atoms with van der Waals surface area (Å²) in [7, 11) is 73.9. The topological polar surface area (TPSA) is 112 Å². The number of nitrogens with zero attached hydrogens (tertiary/aromatic N) is 2. The fourth-order valence-electron chi connectivity index (χ4n) is 1.16. The Kier molecular flexibility index (Phi) is 144. The molecule has 31 heteroatoms. The number of hydrogen-bond donors (Lipinski definition) is 3. The Morgan fingerprint density at radius 1 is 0.828 bits per heavy atom. The molecule has 25 radical (unpaired) electrons. The Bertz CT molecular complexity index is 1100. The zero-order chi connectivity index (χ0) is 47.7. The van der Waals surface area contributed by atoms with Crippen LogP contribution in [0.4, 0.5) is 0 Å². The van der Waals surface area contributed by atoms with Crippen molar-refractivity contribution in [3.8, 4) is 0 Å². The monoisotopic (exact) mass is 1090 g/mol. The Labute approximate surface area is 416 Å². The van der Waals surface area contributed by atoms with Gasteiger partial charge in [0.15, 0.2) is 4.98 Å². The third-order valence-corrected chi connectivity index (χ3v) is 9.39. The summed E-state index contributed by atoms with van der Waals surface area (Å²) in [5.74, 6) is 0.722. The molecule has 0 aromatic rings. The number of rotatable bonds is 8. The van der Waals surface area contributed by atoms with Gasteiger partial charge in [0.25, 0.3) is 0 Å². The Morgan fingerprint density at radius 3 is 1.16 bits per heavy atom. The average Bonchev–Trinajstić information content (AvgIpc) is 3.12. The van der Waals surface area contributed by atoms with Gasteiger partial charge in [-0.25, -0.2) is 0 Å². The molecule has 0 unspecified atom stereocenters. The van der Waals surface area contributed by atoms with Gasteiger partial charge in [-0.15, -0.1) is 11.6 Å². The van der Waals surface area contributed by atoms with E-state index in [-0.39, 0.29) is 25.2 Å². The molecule has 0 aromatic carbocycles. The summed E-state index contributed by atoms with van der Waals surface area (Å²) >= 11 is -3.03. The quantitative estimate of drug-likeness (QED) is 0.148. The number of allylic oxidation sites excluding steroid dienone is 13. The molecule has 295 valence electrons. The van der Waals surface area contributed by atoms with Crippen LogP contribution in [0.2, 0.25) is 0 Å². The van der Waals surface area contributed by atoms with E-state index in [2.05, 4.69) is 92.0 Å². The van der Waals surface area contributed by atoms with Crippen LogP contribution in [0.15, 0.2) is 120 Å². The molecular weight excluding hydrogens is 1050 g/mol. The zero-order valence-electron chi connectivity index (χ0n) is 34.0. The Balaban J connectivity index is -0.0000000356. The van der Waals surface area contributed by atoms with Crippen molar-refractivity contribution >= 4 is 213 Å². The first-order valence-electron chi connectivity index (χ1n) is 14.8. The van der Waals surface area contributed by atoms with Crippen LogP contribution in [0, 0.1) is 5.39 Å². The molecule has 0 heterocycles. The second-order valence-corrected chi connectivity index (χ2v) is 26.5. The molecule has 0 spiro atoms. The molecular formula is C27H45As3B15Cl7N3O3. The molecule has 0 aromatic heterocycles. The van der Waals surface area contributed by atoms with Crippen molar-refractivity contribution in [2.45, 2.75) is 41.5 Å². The van der Waals surface area contributed by atoms with Gasteiger partial charge in [0.2, 0.25) is 5.39 Å². The van der Waals surface area contributed by atoms with Crippen LogP contribution in [-0.4, -0.2) is 166 Å². The van der Waals surface area contributed by atoms with Crippen LogP contribution < -0.4 is 18.1 Å². The standard InChI is InChI=1S/C5H7AsCl2.C5H9AsO3.C5H7N2.C5H9N.C5H8.C2H5Cl.AsCl3.B5.B4.B3.B2.B.ClH/c1-3-5(4-2)6(7)8;1-3-5(4-2)6(7,8)9;1-3-5(4-2)7-6;1-3-5(6)4-2;1-3-5-4-2;1-2-3;2-1(3)4;1-4-5(2)3;1-4(2)3;1-3-2;1-2;;/h3-4H,1H2,2H3;3-4H,1H2,2H3,(H2,7,8,9);3-4H,1H2,2H3;3-4H,1,6H2,2H3;3-5H,1H2,2H3;2H2,1H3;;;;;;;1H/q;;+1;;;;;;;;;;/p-1/b4*5-4+;5-4-;;;;;;;;. The van der Waals surface area contributed by atoms with Crippen LogP contribution in [0.3, 0.4) is 0 Å². The summed E-state index contributed by atoms with van der Waals surface area (Å²) in [5.41, 5.74) is 6.45. The molecule has 6 nitrogen and oxygen atoms in total. The van der Waals surface area contributed by atoms with Gasteiger partial charge < -0.3 is 18.1 Å². The van der Waals surface area contributed by atoms with Gasteiger partial charge in [-0.05, 0) is 26.8 Å². The number of hydrogen-bond acceptors (Lipinski definition) is 3. The molecule has 0 aliphatic carbocycles. The molecule has 0 saturated heterocycles. The van der Waals surface area contributed by atoms with E-state index >= 15 is 0 Å². The first-order chi connectivity index (χ1) is 25.9. The maximum Gasteiger partial charge on any atom is 0 e. The first kappa shape index (κ1) is 93.8. The van der Waals surface area contributed by atoms with E-state index in [4.69, 9.17) is 104 Å². The van der Waals surface area contributed by atoms with Crippen molar-refractivity contribution in [1.29, 1.82) is 5.39 Å². The maximum absolute atomic E-state index is 10.4. The predicted octanol–water partition coefficient (Wildman–Crippen LogP) is 1.57. The van der Waals surface area contributed by atoms with Gasteiger partial charge in [0.1, 0.15) is 0 Å². The van der Waals surface area contributed by atoms with Crippen LogP contribution in [0.25, 0.3) is 4.98 Å². The maximum atomic E-state index is 10.4. The van der Waals surface area contributed by atoms with Crippen molar-refractivity contribution in [3.63, 3.8) is 0 Å². The van der Waals surface area contributed by atoms with Gasteiger partial charge in [0, 0.05) is 136 Å². The van der Waals surface area contributed by atoms with Crippen LogP contribution in [0.1, 0.15) is 41.5 Å². The van der Waals surface area contributed by atoms with E-state index < -0.39 is 51.5 Å². The van der Waals surface area contributed by atoms with Crippen molar-refractivity contribution in [2.75, 3.05) is 5.88 Å². The molecule has 0 saturated carbocycles. The van der Waals surface area contributed by atoms with Gasteiger partial charge >= 0.3 is 166 Å². The number of alkyl halides is 1. The molecule has 0 amide bonds. The second kappa shape index (κ2) is 89.1. The molecule has 4 N–H and O–H groups in total. The van der Waals surface area contributed by atoms with Crippen molar-refractivity contribution in [1.82, 2.24) is 0 Å². The Hall–Kier alpha value is 1.02.